The summed E-state index contributed by atoms with van der Waals surface area (Å²) >= 11 is 1.00. The normalized spacial score (nSPS) is 17.3. The standard InChI is InChI=1S/C10H14N4O3S/c1-7(10(16)14-2-4-17-5-3-14)12-9(15)8-6-11-13-18-8/h6-7H,2-5H2,1H3,(H,12,15). The molecule has 18 heavy (non-hydrogen) atoms. The van der Waals surface area contributed by atoms with Gasteiger partial charge in [-0.15, -0.1) is 5.10 Å². The third-order valence-corrected chi connectivity index (χ3v) is 3.29. The highest BCUT2D eigenvalue weighted by Crippen LogP contribution is 2.04. The summed E-state index contributed by atoms with van der Waals surface area (Å²) in [5, 5.41) is 6.22. The van der Waals surface area contributed by atoms with Gasteiger partial charge in [0.1, 0.15) is 10.9 Å². The summed E-state index contributed by atoms with van der Waals surface area (Å²) in [6.07, 6.45) is 1.38. The van der Waals surface area contributed by atoms with Crippen LogP contribution in [-0.2, 0) is 9.53 Å². The molecule has 1 atom stereocenters. The number of ether oxygens (including phenoxy) is 1. The monoisotopic (exact) mass is 270 g/mol. The van der Waals surface area contributed by atoms with Crippen molar-refractivity contribution in [1.29, 1.82) is 0 Å². The number of morpholine rings is 1. The van der Waals surface area contributed by atoms with Crippen LogP contribution in [-0.4, -0.2) is 58.6 Å². The van der Waals surface area contributed by atoms with Gasteiger partial charge in [-0.25, -0.2) is 0 Å². The molecular weight excluding hydrogens is 256 g/mol. The van der Waals surface area contributed by atoms with E-state index in [0.717, 1.165) is 11.5 Å². The molecule has 1 aliphatic rings. The minimum Gasteiger partial charge on any atom is -0.378 e. The molecule has 8 heteroatoms. The molecule has 0 radical (unpaired) electrons. The second-order valence-electron chi connectivity index (χ2n) is 3.91. The van der Waals surface area contributed by atoms with Crippen LogP contribution in [0.4, 0.5) is 0 Å². The molecule has 1 fully saturated rings. The van der Waals surface area contributed by atoms with Gasteiger partial charge in [0.05, 0.1) is 19.4 Å². The van der Waals surface area contributed by atoms with Gasteiger partial charge in [0.2, 0.25) is 5.91 Å². The third kappa shape index (κ3) is 3.02. The fourth-order valence-electron chi connectivity index (χ4n) is 1.65. The van der Waals surface area contributed by atoms with Crippen molar-refractivity contribution in [2.45, 2.75) is 13.0 Å². The zero-order valence-electron chi connectivity index (χ0n) is 9.96. The number of hydrogen-bond donors (Lipinski definition) is 1. The molecule has 7 nitrogen and oxygen atoms in total. The second-order valence-corrected chi connectivity index (χ2v) is 4.70. The number of nitrogens with zero attached hydrogens (tertiary/aromatic N) is 3. The van der Waals surface area contributed by atoms with E-state index in [1.807, 2.05) is 0 Å². The van der Waals surface area contributed by atoms with Crippen LogP contribution >= 0.6 is 11.5 Å². The summed E-state index contributed by atoms with van der Waals surface area (Å²) in [4.78, 5) is 25.9. The minimum atomic E-state index is -0.558. The molecule has 2 rings (SSSR count). The molecule has 1 unspecified atom stereocenters. The molecule has 1 N–H and O–H groups in total. The van der Waals surface area contributed by atoms with Crippen molar-refractivity contribution in [1.82, 2.24) is 19.8 Å². The van der Waals surface area contributed by atoms with Crippen molar-refractivity contribution in [3.8, 4) is 0 Å². The maximum Gasteiger partial charge on any atom is 0.265 e. The predicted octanol–water partition coefficient (Wildman–Crippen LogP) is -0.485. The molecular formula is C10H14N4O3S. The van der Waals surface area contributed by atoms with E-state index in [-0.39, 0.29) is 11.8 Å². The van der Waals surface area contributed by atoms with Gasteiger partial charge in [-0.2, -0.15) is 0 Å². The zero-order chi connectivity index (χ0) is 13.0. The van der Waals surface area contributed by atoms with E-state index in [9.17, 15) is 9.59 Å². The summed E-state index contributed by atoms with van der Waals surface area (Å²) in [6, 6.07) is -0.558. The van der Waals surface area contributed by atoms with Gasteiger partial charge in [-0.3, -0.25) is 9.59 Å². The Bertz CT molecular complexity index is 417. The van der Waals surface area contributed by atoms with Gasteiger partial charge in [-0.1, -0.05) is 4.49 Å². The Morgan fingerprint density at radius 3 is 2.83 bits per heavy atom. The first-order valence-corrected chi connectivity index (χ1v) is 6.40. The average molecular weight is 270 g/mol. The number of carbonyl (C=O) groups is 2. The van der Waals surface area contributed by atoms with Gasteiger partial charge in [0.15, 0.2) is 0 Å². The largest absolute Gasteiger partial charge is 0.378 e. The fourth-order valence-corrected chi connectivity index (χ4v) is 2.07. The van der Waals surface area contributed by atoms with Crippen LogP contribution < -0.4 is 5.32 Å². The molecule has 98 valence electrons. The lowest BCUT2D eigenvalue weighted by atomic mass is 10.2. The Morgan fingerprint density at radius 2 is 2.22 bits per heavy atom. The first kappa shape index (κ1) is 12.9. The van der Waals surface area contributed by atoms with E-state index in [4.69, 9.17) is 4.74 Å². The molecule has 2 amide bonds. The van der Waals surface area contributed by atoms with Gasteiger partial charge in [0.25, 0.3) is 5.91 Å². The highest BCUT2D eigenvalue weighted by molar-refractivity contribution is 7.07. The van der Waals surface area contributed by atoms with Crippen LogP contribution in [0.25, 0.3) is 0 Å². The Labute approximate surface area is 108 Å². The smallest absolute Gasteiger partial charge is 0.265 e. The number of nitrogens with one attached hydrogen (secondary N) is 1. The zero-order valence-corrected chi connectivity index (χ0v) is 10.8. The van der Waals surface area contributed by atoms with Gasteiger partial charge in [-0.05, 0) is 18.5 Å². The first-order chi connectivity index (χ1) is 8.68. The van der Waals surface area contributed by atoms with Crippen LogP contribution in [0, 0.1) is 0 Å². The molecule has 0 aliphatic carbocycles. The predicted molar refractivity (Wildman–Crippen MR) is 64.2 cm³/mol. The van der Waals surface area contributed by atoms with Crippen LogP contribution in [0.3, 0.4) is 0 Å². The maximum atomic E-state index is 12.0. The van der Waals surface area contributed by atoms with Crippen molar-refractivity contribution in [2.24, 2.45) is 0 Å². The number of carbonyl (C=O) groups excluding carboxylic acids is 2. The highest BCUT2D eigenvalue weighted by Gasteiger charge is 2.24. The fraction of sp³-hybridized carbons (Fsp3) is 0.600. The van der Waals surface area contributed by atoms with Crippen LogP contribution in [0.1, 0.15) is 16.6 Å². The summed E-state index contributed by atoms with van der Waals surface area (Å²) in [5.74, 6) is -0.414. The number of rotatable bonds is 3. The van der Waals surface area contributed by atoms with E-state index in [1.165, 1.54) is 6.20 Å². The first-order valence-electron chi connectivity index (χ1n) is 5.63. The summed E-state index contributed by atoms with van der Waals surface area (Å²) in [6.45, 7) is 3.91. The van der Waals surface area contributed by atoms with E-state index < -0.39 is 6.04 Å². The van der Waals surface area contributed by atoms with E-state index in [0.29, 0.717) is 31.2 Å². The van der Waals surface area contributed by atoms with Gasteiger partial charge < -0.3 is 15.0 Å². The van der Waals surface area contributed by atoms with Crippen molar-refractivity contribution < 1.29 is 14.3 Å². The molecule has 1 aromatic heterocycles. The lowest BCUT2D eigenvalue weighted by Crippen LogP contribution is -2.50. The number of aromatic nitrogens is 2. The SMILES string of the molecule is CC(NC(=O)c1cnns1)C(=O)N1CCOCC1. The average Bonchev–Trinajstić information content (AvgIpc) is 2.92. The van der Waals surface area contributed by atoms with Gasteiger partial charge in [0, 0.05) is 13.1 Å². The molecule has 2 heterocycles. The van der Waals surface area contributed by atoms with Crippen molar-refractivity contribution in [3.63, 3.8) is 0 Å². The topological polar surface area (TPSA) is 84.4 Å². The Morgan fingerprint density at radius 1 is 1.50 bits per heavy atom. The van der Waals surface area contributed by atoms with E-state index >= 15 is 0 Å². The highest BCUT2D eigenvalue weighted by atomic mass is 32.1. The molecule has 1 aromatic rings. The molecule has 0 bridgehead atoms. The molecule has 0 saturated carbocycles. The van der Waals surface area contributed by atoms with Crippen molar-refractivity contribution in [3.05, 3.63) is 11.1 Å². The van der Waals surface area contributed by atoms with Crippen molar-refractivity contribution >= 4 is 23.3 Å². The van der Waals surface area contributed by atoms with E-state index in [2.05, 4.69) is 14.9 Å². The molecule has 1 aliphatic heterocycles. The maximum absolute atomic E-state index is 12.0. The quantitative estimate of drug-likeness (QED) is 0.801. The summed E-state index contributed by atoms with van der Waals surface area (Å²) < 4.78 is 8.78. The van der Waals surface area contributed by atoms with Crippen LogP contribution in [0.2, 0.25) is 0 Å². The Balaban J connectivity index is 1.88. The van der Waals surface area contributed by atoms with E-state index in [1.54, 1.807) is 11.8 Å². The molecule has 1 saturated heterocycles. The Kier molecular flexibility index (Phi) is 4.21. The van der Waals surface area contributed by atoms with Crippen molar-refractivity contribution in [2.75, 3.05) is 26.3 Å². The summed E-state index contributed by atoms with van der Waals surface area (Å²) in [5.41, 5.74) is 0. The molecule has 0 aromatic carbocycles. The van der Waals surface area contributed by atoms with Gasteiger partial charge >= 0.3 is 0 Å². The Hall–Kier alpha value is -1.54. The third-order valence-electron chi connectivity index (χ3n) is 2.63. The van der Waals surface area contributed by atoms with Crippen LogP contribution in [0.5, 0.6) is 0 Å². The number of amides is 2. The number of hydrogen-bond acceptors (Lipinski definition) is 6. The lowest BCUT2D eigenvalue weighted by molar-refractivity contribution is -0.136. The lowest BCUT2D eigenvalue weighted by Gasteiger charge is -2.29. The second kappa shape index (κ2) is 5.87. The molecule has 0 spiro atoms. The minimum absolute atomic E-state index is 0.0934. The van der Waals surface area contributed by atoms with Crippen LogP contribution in [0.15, 0.2) is 6.20 Å². The summed E-state index contributed by atoms with van der Waals surface area (Å²) in [7, 11) is 0.